The summed E-state index contributed by atoms with van der Waals surface area (Å²) in [5, 5.41) is 7.08. The van der Waals surface area contributed by atoms with Crippen LogP contribution in [0.2, 0.25) is 5.02 Å². The Labute approximate surface area is 175 Å². The highest BCUT2D eigenvalue weighted by Crippen LogP contribution is 2.31. The first kappa shape index (κ1) is 19.7. The molecule has 4 aromatic rings. The molecular formula is C21H14ClF2N5O. The van der Waals surface area contributed by atoms with Crippen LogP contribution in [-0.4, -0.2) is 25.7 Å². The predicted molar refractivity (Wildman–Crippen MR) is 109 cm³/mol. The Bertz CT molecular complexity index is 1240. The smallest absolute Gasteiger partial charge is 0.259 e. The van der Waals surface area contributed by atoms with E-state index in [1.165, 1.54) is 12.4 Å². The highest BCUT2D eigenvalue weighted by Gasteiger charge is 2.14. The summed E-state index contributed by atoms with van der Waals surface area (Å²) in [6.45, 7) is 0. The van der Waals surface area contributed by atoms with E-state index < -0.39 is 17.5 Å². The SMILES string of the molecule is Cn1cc(-c2ccc(Cl)c(-c3cnc(NC(=O)c4ccc(F)cc4F)cn3)c2)cn1. The van der Waals surface area contributed by atoms with Gasteiger partial charge in [0, 0.05) is 30.4 Å². The van der Waals surface area contributed by atoms with Gasteiger partial charge in [0.1, 0.15) is 11.6 Å². The number of carbonyl (C=O) groups excluding carboxylic acids is 1. The van der Waals surface area contributed by atoms with E-state index in [4.69, 9.17) is 11.6 Å². The number of nitrogens with one attached hydrogen (secondary N) is 1. The van der Waals surface area contributed by atoms with E-state index in [1.807, 2.05) is 25.4 Å². The van der Waals surface area contributed by atoms with Gasteiger partial charge in [-0.15, -0.1) is 0 Å². The predicted octanol–water partition coefficient (Wildman–Crippen LogP) is 4.73. The Hall–Kier alpha value is -3.65. The minimum absolute atomic E-state index is 0.118. The minimum Gasteiger partial charge on any atom is -0.305 e. The number of benzene rings is 2. The lowest BCUT2D eigenvalue weighted by Gasteiger charge is -2.08. The zero-order valence-corrected chi connectivity index (χ0v) is 16.4. The standard InChI is InChI=1S/C21H14ClF2N5O/c1-29-11-13(8-27-29)12-2-5-17(22)16(6-12)19-9-26-20(10-25-19)28-21(30)15-4-3-14(23)7-18(15)24/h2-11H,1H3,(H,26,28,30). The molecule has 0 unspecified atom stereocenters. The lowest BCUT2D eigenvalue weighted by molar-refractivity contribution is 0.102. The number of rotatable bonds is 4. The molecule has 0 bridgehead atoms. The average molecular weight is 426 g/mol. The number of aryl methyl sites for hydroxylation is 1. The molecule has 0 atom stereocenters. The molecule has 2 aromatic heterocycles. The van der Waals surface area contributed by atoms with Gasteiger partial charge in [-0.25, -0.2) is 13.8 Å². The van der Waals surface area contributed by atoms with Crippen LogP contribution in [0.5, 0.6) is 0 Å². The molecule has 6 nitrogen and oxygen atoms in total. The fraction of sp³-hybridized carbons (Fsp3) is 0.0476. The quantitative estimate of drug-likeness (QED) is 0.513. The molecule has 2 aromatic carbocycles. The van der Waals surface area contributed by atoms with Gasteiger partial charge in [-0.05, 0) is 29.8 Å². The van der Waals surface area contributed by atoms with Crippen LogP contribution < -0.4 is 5.32 Å². The molecule has 0 saturated heterocycles. The van der Waals surface area contributed by atoms with Gasteiger partial charge in [-0.2, -0.15) is 5.10 Å². The van der Waals surface area contributed by atoms with Gasteiger partial charge < -0.3 is 5.32 Å². The van der Waals surface area contributed by atoms with Gasteiger partial charge in [-0.3, -0.25) is 14.5 Å². The molecule has 0 spiro atoms. The number of hydrogen-bond acceptors (Lipinski definition) is 4. The van der Waals surface area contributed by atoms with Crippen LogP contribution in [0.15, 0.2) is 61.2 Å². The highest BCUT2D eigenvalue weighted by atomic mass is 35.5. The molecule has 0 saturated carbocycles. The summed E-state index contributed by atoms with van der Waals surface area (Å²) in [6, 6.07) is 8.21. The number of nitrogens with zero attached hydrogens (tertiary/aromatic N) is 4. The monoisotopic (exact) mass is 425 g/mol. The maximum Gasteiger partial charge on any atom is 0.259 e. The minimum atomic E-state index is -0.962. The van der Waals surface area contributed by atoms with Crippen molar-refractivity contribution in [1.29, 1.82) is 0 Å². The molecule has 0 aliphatic rings. The van der Waals surface area contributed by atoms with Crippen molar-refractivity contribution in [3.05, 3.63) is 83.4 Å². The third-order valence-corrected chi connectivity index (χ3v) is 4.68. The van der Waals surface area contributed by atoms with Gasteiger partial charge in [0.25, 0.3) is 5.91 Å². The second-order valence-corrected chi connectivity index (χ2v) is 6.87. The third-order valence-electron chi connectivity index (χ3n) is 4.35. The molecule has 9 heteroatoms. The Morgan fingerprint density at radius 1 is 1.03 bits per heavy atom. The molecule has 1 N–H and O–H groups in total. The van der Waals surface area contributed by atoms with Crippen molar-refractivity contribution >= 4 is 23.3 Å². The van der Waals surface area contributed by atoms with Crippen LogP contribution in [0.1, 0.15) is 10.4 Å². The number of anilines is 1. The van der Waals surface area contributed by atoms with E-state index in [1.54, 1.807) is 16.9 Å². The summed E-state index contributed by atoms with van der Waals surface area (Å²) in [7, 11) is 1.83. The Kier molecular flexibility index (Phi) is 5.24. The van der Waals surface area contributed by atoms with Crippen LogP contribution >= 0.6 is 11.6 Å². The van der Waals surface area contributed by atoms with E-state index in [-0.39, 0.29) is 11.4 Å². The van der Waals surface area contributed by atoms with Gasteiger partial charge in [-0.1, -0.05) is 17.7 Å². The fourth-order valence-electron chi connectivity index (χ4n) is 2.86. The van der Waals surface area contributed by atoms with Gasteiger partial charge in [0.15, 0.2) is 5.82 Å². The summed E-state index contributed by atoms with van der Waals surface area (Å²) in [5.74, 6) is -2.37. The summed E-state index contributed by atoms with van der Waals surface area (Å²) in [4.78, 5) is 20.6. The number of amides is 1. The lowest BCUT2D eigenvalue weighted by atomic mass is 10.0. The number of hydrogen-bond donors (Lipinski definition) is 1. The van der Waals surface area contributed by atoms with E-state index in [9.17, 15) is 13.6 Å². The van der Waals surface area contributed by atoms with Crippen LogP contribution in [0.4, 0.5) is 14.6 Å². The topological polar surface area (TPSA) is 72.7 Å². The lowest BCUT2D eigenvalue weighted by Crippen LogP contribution is -2.15. The van der Waals surface area contributed by atoms with E-state index in [0.717, 1.165) is 23.3 Å². The third kappa shape index (κ3) is 4.04. The first-order chi connectivity index (χ1) is 14.4. The number of aromatic nitrogens is 4. The van der Waals surface area contributed by atoms with Crippen LogP contribution in [-0.2, 0) is 7.05 Å². The molecule has 0 fully saturated rings. The molecule has 0 aliphatic heterocycles. The molecule has 2 heterocycles. The van der Waals surface area contributed by atoms with Crippen LogP contribution in [0.25, 0.3) is 22.4 Å². The van der Waals surface area contributed by atoms with Crippen molar-refractivity contribution in [2.75, 3.05) is 5.32 Å². The molecular weight excluding hydrogens is 412 g/mol. The molecule has 150 valence electrons. The van der Waals surface area contributed by atoms with Crippen molar-refractivity contribution in [1.82, 2.24) is 19.7 Å². The summed E-state index contributed by atoms with van der Waals surface area (Å²) in [5.41, 5.74) is 2.70. The van der Waals surface area contributed by atoms with Crippen LogP contribution in [0, 0.1) is 11.6 Å². The Morgan fingerprint density at radius 3 is 2.53 bits per heavy atom. The first-order valence-corrected chi connectivity index (χ1v) is 9.16. The summed E-state index contributed by atoms with van der Waals surface area (Å²) < 4.78 is 28.5. The average Bonchev–Trinajstić information content (AvgIpc) is 3.15. The molecule has 1 amide bonds. The normalized spacial score (nSPS) is 10.8. The number of halogens is 3. The zero-order chi connectivity index (χ0) is 21.3. The van der Waals surface area contributed by atoms with Gasteiger partial charge in [0.2, 0.25) is 0 Å². The van der Waals surface area contributed by atoms with Crippen molar-refractivity contribution < 1.29 is 13.6 Å². The van der Waals surface area contributed by atoms with Gasteiger partial charge >= 0.3 is 0 Å². The van der Waals surface area contributed by atoms with Crippen molar-refractivity contribution in [3.8, 4) is 22.4 Å². The zero-order valence-electron chi connectivity index (χ0n) is 15.6. The second-order valence-electron chi connectivity index (χ2n) is 6.46. The molecule has 0 radical (unpaired) electrons. The maximum absolute atomic E-state index is 13.8. The summed E-state index contributed by atoms with van der Waals surface area (Å²) >= 11 is 6.33. The highest BCUT2D eigenvalue weighted by molar-refractivity contribution is 6.33. The maximum atomic E-state index is 13.8. The van der Waals surface area contributed by atoms with Crippen molar-refractivity contribution in [2.45, 2.75) is 0 Å². The first-order valence-electron chi connectivity index (χ1n) is 8.78. The largest absolute Gasteiger partial charge is 0.305 e. The van der Waals surface area contributed by atoms with E-state index in [2.05, 4.69) is 20.4 Å². The Morgan fingerprint density at radius 2 is 1.87 bits per heavy atom. The Balaban J connectivity index is 1.57. The molecule has 0 aliphatic carbocycles. The van der Waals surface area contributed by atoms with Gasteiger partial charge in [0.05, 0.1) is 34.9 Å². The molecule has 30 heavy (non-hydrogen) atoms. The summed E-state index contributed by atoms with van der Waals surface area (Å²) in [6.07, 6.45) is 6.41. The van der Waals surface area contributed by atoms with Crippen molar-refractivity contribution in [2.24, 2.45) is 7.05 Å². The van der Waals surface area contributed by atoms with E-state index in [0.29, 0.717) is 22.3 Å². The van der Waals surface area contributed by atoms with Crippen molar-refractivity contribution in [3.63, 3.8) is 0 Å². The number of carbonyl (C=O) groups is 1. The fourth-order valence-corrected chi connectivity index (χ4v) is 3.07. The van der Waals surface area contributed by atoms with E-state index >= 15 is 0 Å². The second kappa shape index (κ2) is 8.00. The van der Waals surface area contributed by atoms with Crippen LogP contribution in [0.3, 0.4) is 0 Å². The molecule has 4 rings (SSSR count).